The molecule has 1 heterocycles. The smallest absolute Gasteiger partial charge is 0.317 e. The number of aromatic hydroxyl groups is 1. The van der Waals surface area contributed by atoms with Gasteiger partial charge in [0.2, 0.25) is 0 Å². The van der Waals surface area contributed by atoms with Crippen molar-refractivity contribution in [2.75, 3.05) is 13.6 Å². The molecule has 2 N–H and O–H groups in total. The second-order valence-corrected chi connectivity index (χ2v) is 3.71. The van der Waals surface area contributed by atoms with E-state index in [-0.39, 0.29) is 17.8 Å². The number of amides is 2. The number of para-hydroxylation sites is 1. The van der Waals surface area contributed by atoms with Crippen molar-refractivity contribution in [2.45, 2.75) is 12.5 Å². The lowest BCUT2D eigenvalue weighted by atomic mass is 10.0. The van der Waals surface area contributed by atoms with Crippen LogP contribution >= 0.6 is 0 Å². The number of benzene rings is 1. The largest absolute Gasteiger partial charge is 0.508 e. The van der Waals surface area contributed by atoms with E-state index in [4.69, 9.17) is 0 Å². The number of nitrogens with one attached hydrogen (secondary N) is 1. The molecule has 0 spiro atoms. The predicted molar refractivity (Wildman–Crippen MR) is 56.6 cm³/mol. The van der Waals surface area contributed by atoms with E-state index in [2.05, 4.69) is 5.32 Å². The molecule has 2 amide bonds. The SMILES string of the molecule is CN1C(=O)NCCC1c1ccccc1O. The normalized spacial score (nSPS) is 21.3. The van der Waals surface area contributed by atoms with Crippen LogP contribution in [-0.2, 0) is 0 Å². The Labute approximate surface area is 88.5 Å². The van der Waals surface area contributed by atoms with Crippen LogP contribution in [0.25, 0.3) is 0 Å². The van der Waals surface area contributed by atoms with Crippen LogP contribution in [0.1, 0.15) is 18.0 Å². The van der Waals surface area contributed by atoms with E-state index in [1.807, 2.05) is 12.1 Å². The Kier molecular flexibility index (Phi) is 2.49. The zero-order valence-corrected chi connectivity index (χ0v) is 8.60. The number of phenolic OH excluding ortho intramolecular Hbond substituents is 1. The molecule has 1 aromatic carbocycles. The van der Waals surface area contributed by atoms with Crippen molar-refractivity contribution in [3.8, 4) is 5.75 Å². The number of phenols is 1. The molecular weight excluding hydrogens is 192 g/mol. The maximum absolute atomic E-state index is 11.4. The quantitative estimate of drug-likeness (QED) is 0.731. The average Bonchev–Trinajstić information content (AvgIpc) is 2.23. The van der Waals surface area contributed by atoms with Gasteiger partial charge in [-0.15, -0.1) is 0 Å². The minimum atomic E-state index is -0.0884. The second kappa shape index (κ2) is 3.81. The molecule has 1 unspecified atom stereocenters. The van der Waals surface area contributed by atoms with Crippen LogP contribution in [0.4, 0.5) is 4.79 Å². The summed E-state index contributed by atoms with van der Waals surface area (Å²) >= 11 is 0. The lowest BCUT2D eigenvalue weighted by molar-refractivity contribution is 0.171. The summed E-state index contributed by atoms with van der Waals surface area (Å²) in [4.78, 5) is 13.0. The maximum Gasteiger partial charge on any atom is 0.317 e. The maximum atomic E-state index is 11.4. The molecule has 1 aliphatic rings. The van der Waals surface area contributed by atoms with Crippen molar-refractivity contribution < 1.29 is 9.90 Å². The summed E-state index contributed by atoms with van der Waals surface area (Å²) in [7, 11) is 1.74. The average molecular weight is 206 g/mol. The molecule has 1 saturated heterocycles. The minimum Gasteiger partial charge on any atom is -0.508 e. The Morgan fingerprint density at radius 2 is 2.20 bits per heavy atom. The summed E-state index contributed by atoms with van der Waals surface area (Å²) in [6.45, 7) is 0.655. The minimum absolute atomic E-state index is 0.0278. The van der Waals surface area contributed by atoms with Gasteiger partial charge >= 0.3 is 6.03 Å². The van der Waals surface area contributed by atoms with Gasteiger partial charge in [-0.25, -0.2) is 4.79 Å². The first-order valence-electron chi connectivity index (χ1n) is 4.98. The second-order valence-electron chi connectivity index (χ2n) is 3.71. The van der Waals surface area contributed by atoms with E-state index in [9.17, 15) is 9.90 Å². The van der Waals surface area contributed by atoms with Gasteiger partial charge in [0.05, 0.1) is 6.04 Å². The molecule has 0 radical (unpaired) electrons. The van der Waals surface area contributed by atoms with Gasteiger partial charge in [-0.05, 0) is 12.5 Å². The number of hydrogen-bond acceptors (Lipinski definition) is 2. The van der Waals surface area contributed by atoms with Crippen molar-refractivity contribution in [1.29, 1.82) is 0 Å². The Morgan fingerprint density at radius 1 is 1.47 bits per heavy atom. The van der Waals surface area contributed by atoms with Gasteiger partial charge in [0, 0.05) is 19.2 Å². The first kappa shape index (κ1) is 9.83. The van der Waals surface area contributed by atoms with Crippen molar-refractivity contribution in [2.24, 2.45) is 0 Å². The Bertz CT molecular complexity index is 379. The van der Waals surface area contributed by atoms with Gasteiger partial charge in [0.15, 0.2) is 0 Å². The highest BCUT2D eigenvalue weighted by molar-refractivity contribution is 5.75. The van der Waals surface area contributed by atoms with E-state index < -0.39 is 0 Å². The van der Waals surface area contributed by atoms with Crippen LogP contribution < -0.4 is 5.32 Å². The van der Waals surface area contributed by atoms with Crippen LogP contribution in [0.2, 0.25) is 0 Å². The third-order valence-corrected chi connectivity index (χ3v) is 2.78. The number of carbonyl (C=O) groups is 1. The number of rotatable bonds is 1. The summed E-state index contributed by atoms with van der Waals surface area (Å²) in [5.74, 6) is 0.254. The van der Waals surface area contributed by atoms with Gasteiger partial charge in [-0.1, -0.05) is 18.2 Å². The van der Waals surface area contributed by atoms with E-state index in [1.54, 1.807) is 24.1 Å². The molecule has 0 saturated carbocycles. The number of urea groups is 1. The van der Waals surface area contributed by atoms with Gasteiger partial charge < -0.3 is 15.3 Å². The summed E-state index contributed by atoms with van der Waals surface area (Å²) in [5.41, 5.74) is 0.815. The number of nitrogens with zero attached hydrogens (tertiary/aromatic N) is 1. The highest BCUT2D eigenvalue weighted by Gasteiger charge is 2.27. The monoisotopic (exact) mass is 206 g/mol. The molecule has 0 bridgehead atoms. The fourth-order valence-corrected chi connectivity index (χ4v) is 1.91. The molecule has 0 aliphatic carbocycles. The first-order chi connectivity index (χ1) is 7.20. The lowest BCUT2D eigenvalue weighted by Gasteiger charge is -2.33. The van der Waals surface area contributed by atoms with Crippen molar-refractivity contribution in [1.82, 2.24) is 10.2 Å². The fourth-order valence-electron chi connectivity index (χ4n) is 1.91. The predicted octanol–water partition coefficient (Wildman–Crippen LogP) is 1.48. The van der Waals surface area contributed by atoms with Crippen LogP contribution in [0.3, 0.4) is 0 Å². The van der Waals surface area contributed by atoms with Crippen LogP contribution in [0.5, 0.6) is 5.75 Å². The summed E-state index contributed by atoms with van der Waals surface area (Å²) < 4.78 is 0. The van der Waals surface area contributed by atoms with Gasteiger partial charge in [0.1, 0.15) is 5.75 Å². The van der Waals surface area contributed by atoms with E-state index in [0.29, 0.717) is 6.54 Å². The van der Waals surface area contributed by atoms with Crippen molar-refractivity contribution in [3.05, 3.63) is 29.8 Å². The molecule has 2 rings (SSSR count). The zero-order valence-electron chi connectivity index (χ0n) is 8.60. The number of hydrogen-bond donors (Lipinski definition) is 2. The third-order valence-electron chi connectivity index (χ3n) is 2.78. The highest BCUT2D eigenvalue weighted by Crippen LogP contribution is 2.31. The standard InChI is InChI=1S/C11H14N2O2/c1-13-9(6-7-12-11(13)15)8-4-2-3-5-10(8)14/h2-5,9,14H,6-7H2,1H3,(H,12,15). The zero-order chi connectivity index (χ0) is 10.8. The van der Waals surface area contributed by atoms with E-state index in [1.165, 1.54) is 0 Å². The molecule has 1 fully saturated rings. The van der Waals surface area contributed by atoms with E-state index in [0.717, 1.165) is 12.0 Å². The molecule has 4 nitrogen and oxygen atoms in total. The Balaban J connectivity index is 2.30. The summed E-state index contributed by atoms with van der Waals surface area (Å²) in [6, 6.07) is 7.04. The molecular formula is C11H14N2O2. The van der Waals surface area contributed by atoms with Crippen LogP contribution in [0, 0.1) is 0 Å². The van der Waals surface area contributed by atoms with Gasteiger partial charge in [-0.2, -0.15) is 0 Å². The number of carbonyl (C=O) groups excluding carboxylic acids is 1. The Hall–Kier alpha value is -1.71. The molecule has 0 aromatic heterocycles. The third kappa shape index (κ3) is 1.75. The topological polar surface area (TPSA) is 52.6 Å². The summed E-state index contributed by atoms with van der Waals surface area (Å²) in [6.07, 6.45) is 0.819. The Morgan fingerprint density at radius 3 is 2.93 bits per heavy atom. The lowest BCUT2D eigenvalue weighted by Crippen LogP contribution is -2.45. The van der Waals surface area contributed by atoms with Crippen LogP contribution in [0.15, 0.2) is 24.3 Å². The van der Waals surface area contributed by atoms with Crippen molar-refractivity contribution in [3.63, 3.8) is 0 Å². The van der Waals surface area contributed by atoms with E-state index >= 15 is 0 Å². The molecule has 80 valence electrons. The summed E-state index contributed by atoms with van der Waals surface area (Å²) in [5, 5.41) is 12.5. The molecule has 15 heavy (non-hydrogen) atoms. The highest BCUT2D eigenvalue weighted by atomic mass is 16.3. The van der Waals surface area contributed by atoms with Crippen LogP contribution in [-0.4, -0.2) is 29.6 Å². The van der Waals surface area contributed by atoms with Gasteiger partial charge in [-0.3, -0.25) is 0 Å². The van der Waals surface area contributed by atoms with Gasteiger partial charge in [0.25, 0.3) is 0 Å². The molecule has 4 heteroatoms. The molecule has 1 atom stereocenters. The molecule has 1 aliphatic heterocycles. The first-order valence-corrected chi connectivity index (χ1v) is 4.98. The van der Waals surface area contributed by atoms with Crippen molar-refractivity contribution >= 4 is 6.03 Å². The fraction of sp³-hybridized carbons (Fsp3) is 0.364. The molecule has 1 aromatic rings.